The Labute approximate surface area is 119 Å². The number of piperidine rings is 1. The fraction of sp³-hybridized carbons (Fsp3) is 0.857. The van der Waals surface area contributed by atoms with Crippen molar-refractivity contribution in [3.05, 3.63) is 0 Å². The molecule has 20 heavy (non-hydrogen) atoms. The molecule has 3 atom stereocenters. The van der Waals surface area contributed by atoms with Gasteiger partial charge in [-0.2, -0.15) is 0 Å². The number of amides is 1. The van der Waals surface area contributed by atoms with E-state index in [2.05, 4.69) is 0 Å². The van der Waals surface area contributed by atoms with Crippen molar-refractivity contribution in [3.63, 3.8) is 0 Å². The minimum absolute atomic E-state index is 0.0521. The van der Waals surface area contributed by atoms with Crippen molar-refractivity contribution in [1.29, 1.82) is 0 Å². The lowest BCUT2D eigenvalue weighted by Crippen LogP contribution is -2.52. The molecule has 0 aromatic rings. The number of rotatable bonds is 2. The van der Waals surface area contributed by atoms with Crippen molar-refractivity contribution in [2.45, 2.75) is 70.2 Å². The third-order valence-electron chi connectivity index (χ3n) is 4.17. The SMILES string of the molecule is CC(C)(C)OC(=O)N1C2CCC1CC(C(N)C(=O)O)C2. The van der Waals surface area contributed by atoms with E-state index in [-0.39, 0.29) is 24.1 Å². The van der Waals surface area contributed by atoms with Crippen LogP contribution >= 0.6 is 0 Å². The molecule has 2 heterocycles. The van der Waals surface area contributed by atoms with Crippen LogP contribution in [0.25, 0.3) is 0 Å². The van der Waals surface area contributed by atoms with Gasteiger partial charge in [0.1, 0.15) is 11.6 Å². The molecule has 0 aromatic carbocycles. The van der Waals surface area contributed by atoms with Crippen molar-refractivity contribution in [2.75, 3.05) is 0 Å². The summed E-state index contributed by atoms with van der Waals surface area (Å²) in [5, 5.41) is 9.02. The molecule has 2 bridgehead atoms. The molecule has 0 radical (unpaired) electrons. The molecule has 2 aliphatic heterocycles. The highest BCUT2D eigenvalue weighted by atomic mass is 16.6. The largest absolute Gasteiger partial charge is 0.480 e. The Bertz CT molecular complexity index is 390. The van der Waals surface area contributed by atoms with Gasteiger partial charge in [0.25, 0.3) is 0 Å². The van der Waals surface area contributed by atoms with Gasteiger partial charge in [0.15, 0.2) is 0 Å². The second-order valence-electron chi connectivity index (χ2n) is 6.87. The van der Waals surface area contributed by atoms with Gasteiger partial charge in [-0.25, -0.2) is 4.79 Å². The zero-order valence-electron chi connectivity index (χ0n) is 12.3. The van der Waals surface area contributed by atoms with Gasteiger partial charge >= 0.3 is 12.1 Å². The van der Waals surface area contributed by atoms with Crippen LogP contribution in [0.5, 0.6) is 0 Å². The fourth-order valence-corrected chi connectivity index (χ4v) is 3.33. The van der Waals surface area contributed by atoms with E-state index >= 15 is 0 Å². The molecule has 2 fully saturated rings. The molecule has 114 valence electrons. The molecule has 0 saturated carbocycles. The lowest BCUT2D eigenvalue weighted by atomic mass is 9.85. The first-order valence-electron chi connectivity index (χ1n) is 7.18. The van der Waals surface area contributed by atoms with E-state index in [1.165, 1.54) is 0 Å². The van der Waals surface area contributed by atoms with E-state index in [1.54, 1.807) is 4.90 Å². The summed E-state index contributed by atoms with van der Waals surface area (Å²) in [6.07, 6.45) is 2.85. The van der Waals surface area contributed by atoms with Gasteiger partial charge in [-0.3, -0.25) is 4.79 Å². The standard InChI is InChI=1S/C14H24N2O4/c1-14(2,3)20-13(19)16-9-4-5-10(16)7-8(6-9)11(15)12(17)18/h8-11H,4-7,15H2,1-3H3,(H,17,18). The summed E-state index contributed by atoms with van der Waals surface area (Å²) in [7, 11) is 0. The second kappa shape index (κ2) is 5.24. The fourth-order valence-electron chi connectivity index (χ4n) is 3.33. The predicted molar refractivity (Wildman–Crippen MR) is 73.2 cm³/mol. The average Bonchev–Trinajstić information content (AvgIpc) is 2.57. The van der Waals surface area contributed by atoms with Crippen molar-refractivity contribution < 1.29 is 19.4 Å². The van der Waals surface area contributed by atoms with Crippen LogP contribution in [0.4, 0.5) is 4.79 Å². The smallest absolute Gasteiger partial charge is 0.410 e. The third kappa shape index (κ3) is 3.06. The van der Waals surface area contributed by atoms with Gasteiger partial charge in [-0.1, -0.05) is 0 Å². The topological polar surface area (TPSA) is 92.9 Å². The average molecular weight is 284 g/mol. The molecule has 6 nitrogen and oxygen atoms in total. The molecule has 2 aliphatic rings. The number of hydrogen-bond donors (Lipinski definition) is 2. The predicted octanol–water partition coefficient (Wildman–Crippen LogP) is 1.58. The quantitative estimate of drug-likeness (QED) is 0.803. The molecule has 0 aliphatic carbocycles. The number of carboxylic acids is 1. The number of ether oxygens (including phenoxy) is 1. The van der Waals surface area contributed by atoms with Gasteiger partial charge in [-0.05, 0) is 52.4 Å². The Balaban J connectivity index is 2.04. The summed E-state index contributed by atoms with van der Waals surface area (Å²) in [6.45, 7) is 5.54. The zero-order chi connectivity index (χ0) is 15.1. The Morgan fingerprint density at radius 3 is 2.15 bits per heavy atom. The first-order valence-corrected chi connectivity index (χ1v) is 7.18. The normalized spacial score (nSPS) is 31.0. The molecule has 0 spiro atoms. The lowest BCUT2D eigenvalue weighted by Gasteiger charge is -2.40. The van der Waals surface area contributed by atoms with E-state index < -0.39 is 17.6 Å². The zero-order valence-corrected chi connectivity index (χ0v) is 12.3. The van der Waals surface area contributed by atoms with Crippen LogP contribution in [0.3, 0.4) is 0 Å². The van der Waals surface area contributed by atoms with Gasteiger partial charge in [0.2, 0.25) is 0 Å². The number of carboxylic acid groups (broad SMARTS) is 1. The summed E-state index contributed by atoms with van der Waals surface area (Å²) in [4.78, 5) is 25.0. The van der Waals surface area contributed by atoms with Crippen LogP contribution < -0.4 is 5.73 Å². The first-order chi connectivity index (χ1) is 9.19. The molecule has 3 N–H and O–H groups in total. The highest BCUT2D eigenvalue weighted by Crippen LogP contribution is 2.40. The molecule has 0 aromatic heterocycles. The van der Waals surface area contributed by atoms with Crippen molar-refractivity contribution in [3.8, 4) is 0 Å². The number of hydrogen-bond acceptors (Lipinski definition) is 4. The summed E-state index contributed by atoms with van der Waals surface area (Å²) < 4.78 is 5.44. The van der Waals surface area contributed by atoms with Crippen LogP contribution in [0.1, 0.15) is 46.5 Å². The number of nitrogens with two attached hydrogens (primary N) is 1. The molecule has 1 amide bonds. The number of carbonyl (C=O) groups is 2. The van der Waals surface area contributed by atoms with Gasteiger partial charge in [0, 0.05) is 12.1 Å². The Morgan fingerprint density at radius 2 is 1.75 bits per heavy atom. The van der Waals surface area contributed by atoms with E-state index in [4.69, 9.17) is 15.6 Å². The minimum atomic E-state index is -0.958. The van der Waals surface area contributed by atoms with E-state index in [0.29, 0.717) is 12.8 Å². The van der Waals surface area contributed by atoms with Crippen molar-refractivity contribution in [1.82, 2.24) is 4.90 Å². The molecule has 3 unspecified atom stereocenters. The molecule has 6 heteroatoms. The van der Waals surface area contributed by atoms with E-state index in [9.17, 15) is 9.59 Å². The van der Waals surface area contributed by atoms with Crippen LogP contribution in [0.15, 0.2) is 0 Å². The summed E-state index contributed by atoms with van der Waals surface area (Å²) in [5.41, 5.74) is 5.22. The molecule has 2 saturated heterocycles. The van der Waals surface area contributed by atoms with Crippen molar-refractivity contribution in [2.24, 2.45) is 11.7 Å². The Hall–Kier alpha value is -1.30. The van der Waals surface area contributed by atoms with Crippen LogP contribution in [0.2, 0.25) is 0 Å². The highest BCUT2D eigenvalue weighted by molar-refractivity contribution is 5.74. The number of nitrogens with zero attached hydrogens (tertiary/aromatic N) is 1. The Morgan fingerprint density at radius 1 is 1.25 bits per heavy atom. The summed E-state index contributed by atoms with van der Waals surface area (Å²) >= 11 is 0. The monoisotopic (exact) mass is 284 g/mol. The molecule has 2 rings (SSSR count). The van der Waals surface area contributed by atoms with E-state index in [1.807, 2.05) is 20.8 Å². The number of carbonyl (C=O) groups excluding carboxylic acids is 1. The van der Waals surface area contributed by atoms with Gasteiger partial charge in [-0.15, -0.1) is 0 Å². The number of aliphatic carboxylic acids is 1. The lowest BCUT2D eigenvalue weighted by molar-refractivity contribution is -0.140. The van der Waals surface area contributed by atoms with Crippen LogP contribution in [-0.2, 0) is 9.53 Å². The highest BCUT2D eigenvalue weighted by Gasteiger charge is 2.46. The van der Waals surface area contributed by atoms with Crippen LogP contribution in [0, 0.1) is 5.92 Å². The maximum absolute atomic E-state index is 12.2. The third-order valence-corrected chi connectivity index (χ3v) is 4.17. The van der Waals surface area contributed by atoms with Gasteiger partial charge in [0.05, 0.1) is 0 Å². The van der Waals surface area contributed by atoms with Crippen molar-refractivity contribution >= 4 is 12.1 Å². The minimum Gasteiger partial charge on any atom is -0.480 e. The summed E-state index contributed by atoms with van der Waals surface area (Å²) in [5.74, 6) is -1.01. The van der Waals surface area contributed by atoms with Gasteiger partial charge < -0.3 is 20.5 Å². The maximum Gasteiger partial charge on any atom is 0.410 e. The van der Waals surface area contributed by atoms with Crippen LogP contribution in [-0.4, -0.2) is 45.8 Å². The molecular formula is C14H24N2O4. The maximum atomic E-state index is 12.2. The molecular weight excluding hydrogens is 260 g/mol. The number of fused-ring (bicyclic) bond motifs is 2. The van der Waals surface area contributed by atoms with E-state index in [0.717, 1.165) is 12.8 Å². The first kappa shape index (κ1) is 15.1. The Kier molecular flexibility index (Phi) is 3.95. The second-order valence-corrected chi connectivity index (χ2v) is 6.87. The summed E-state index contributed by atoms with van der Waals surface area (Å²) in [6, 6.07) is -0.697.